The molecule has 0 saturated carbocycles. The van der Waals surface area contributed by atoms with Gasteiger partial charge in [-0.25, -0.2) is 18.1 Å². The van der Waals surface area contributed by atoms with E-state index in [4.69, 9.17) is 0 Å². The maximum absolute atomic E-state index is 12.3. The van der Waals surface area contributed by atoms with Crippen molar-refractivity contribution < 1.29 is 13.2 Å². The van der Waals surface area contributed by atoms with Crippen LogP contribution in [0.25, 0.3) is 5.69 Å². The van der Waals surface area contributed by atoms with Crippen LogP contribution in [0, 0.1) is 0 Å². The molecule has 0 aliphatic carbocycles. The van der Waals surface area contributed by atoms with E-state index in [9.17, 15) is 13.2 Å². The molecule has 4 rings (SSSR count). The number of nitrogens with zero attached hydrogens (tertiary/aromatic N) is 4. The molecule has 1 aliphatic heterocycles. The number of amidine groups is 1. The number of fused-ring (bicyclic) bond motifs is 1. The summed E-state index contributed by atoms with van der Waals surface area (Å²) in [5, 5.41) is 6.93. The Hall–Kier alpha value is -3.53. The molecular formula is C19H18N6O3S. The third kappa shape index (κ3) is 3.87. The van der Waals surface area contributed by atoms with Gasteiger partial charge in [0.2, 0.25) is 5.91 Å². The molecule has 148 valence electrons. The van der Waals surface area contributed by atoms with Crippen LogP contribution in [0.1, 0.15) is 24.1 Å². The molecule has 2 N–H and O–H groups in total. The number of rotatable bonds is 5. The second kappa shape index (κ2) is 7.47. The molecular weight excluding hydrogens is 392 g/mol. The van der Waals surface area contributed by atoms with Crippen molar-refractivity contribution in [1.82, 2.24) is 24.8 Å². The minimum Gasteiger partial charge on any atom is -0.348 e. The highest BCUT2D eigenvalue weighted by molar-refractivity contribution is 7.90. The van der Waals surface area contributed by atoms with E-state index in [2.05, 4.69) is 25.1 Å². The zero-order chi connectivity index (χ0) is 20.4. The predicted octanol–water partition coefficient (Wildman–Crippen LogP) is 1.18. The van der Waals surface area contributed by atoms with Crippen LogP contribution in [0.4, 0.5) is 0 Å². The average molecular weight is 410 g/mol. The first-order valence-electron chi connectivity index (χ1n) is 8.85. The summed E-state index contributed by atoms with van der Waals surface area (Å²) in [5.74, 6) is -0.130. The van der Waals surface area contributed by atoms with Crippen molar-refractivity contribution in [1.29, 1.82) is 0 Å². The first kappa shape index (κ1) is 18.8. The van der Waals surface area contributed by atoms with E-state index in [0.717, 1.165) is 11.3 Å². The fraction of sp³-hybridized carbons (Fsp3) is 0.158. The number of carbonyl (C=O) groups excluding carboxylic acids is 1. The summed E-state index contributed by atoms with van der Waals surface area (Å²) in [5.41, 5.74) is 2.25. The van der Waals surface area contributed by atoms with Gasteiger partial charge in [0.25, 0.3) is 10.0 Å². The summed E-state index contributed by atoms with van der Waals surface area (Å²) in [6.45, 7) is 1.68. The highest BCUT2D eigenvalue weighted by Gasteiger charge is 2.30. The molecule has 3 aromatic rings. The number of aliphatic imine (C=N–C) groups is 1. The van der Waals surface area contributed by atoms with E-state index in [1.165, 1.54) is 12.4 Å². The largest absolute Gasteiger partial charge is 0.348 e. The van der Waals surface area contributed by atoms with Gasteiger partial charge in [-0.2, -0.15) is 5.10 Å². The van der Waals surface area contributed by atoms with E-state index in [0.29, 0.717) is 5.56 Å². The minimum absolute atomic E-state index is 0.167. The number of aromatic nitrogens is 3. The van der Waals surface area contributed by atoms with Crippen molar-refractivity contribution in [3.05, 3.63) is 72.3 Å². The Morgan fingerprint density at radius 2 is 1.97 bits per heavy atom. The number of hydrogen-bond donors (Lipinski definition) is 2. The van der Waals surface area contributed by atoms with Crippen LogP contribution in [0.15, 0.2) is 71.1 Å². The molecule has 9 nitrogen and oxygen atoms in total. The third-order valence-corrected chi connectivity index (χ3v) is 5.89. The van der Waals surface area contributed by atoms with E-state index >= 15 is 0 Å². The van der Waals surface area contributed by atoms with Gasteiger partial charge in [0, 0.05) is 5.56 Å². The Balaban J connectivity index is 1.41. The zero-order valence-corrected chi connectivity index (χ0v) is 16.3. The van der Waals surface area contributed by atoms with Gasteiger partial charge in [-0.1, -0.05) is 24.3 Å². The zero-order valence-electron chi connectivity index (χ0n) is 15.5. The Morgan fingerprint density at radius 3 is 2.69 bits per heavy atom. The van der Waals surface area contributed by atoms with Crippen LogP contribution in [-0.2, 0) is 14.8 Å². The lowest BCUT2D eigenvalue weighted by atomic mass is 10.1. The van der Waals surface area contributed by atoms with Crippen LogP contribution in [0.2, 0.25) is 0 Å². The SMILES string of the molecule is C[C@@H](NC(=O)CN=C1NS(=O)(=O)c2ccccc21)c1ccc(-n2cncn2)cc1. The summed E-state index contributed by atoms with van der Waals surface area (Å²) in [4.78, 5) is 20.5. The van der Waals surface area contributed by atoms with Gasteiger partial charge in [-0.15, -0.1) is 0 Å². The van der Waals surface area contributed by atoms with Crippen molar-refractivity contribution in [3.8, 4) is 5.69 Å². The molecule has 0 bridgehead atoms. The van der Waals surface area contributed by atoms with Crippen LogP contribution in [-0.4, -0.2) is 41.5 Å². The number of sulfonamides is 1. The summed E-state index contributed by atoms with van der Waals surface area (Å²) < 4.78 is 28.2. The summed E-state index contributed by atoms with van der Waals surface area (Å²) in [6, 6.07) is 13.9. The standard InChI is InChI=1S/C19H18N6O3S/c1-13(14-6-8-15(9-7-14)25-12-20-11-22-25)23-18(26)10-21-19-16-4-2-3-5-17(16)29(27,28)24-19/h2-9,11-13H,10H2,1H3,(H,21,24)(H,23,26)/t13-/m1/s1. The highest BCUT2D eigenvalue weighted by atomic mass is 32.2. The van der Waals surface area contributed by atoms with Crippen LogP contribution >= 0.6 is 0 Å². The van der Waals surface area contributed by atoms with Crippen molar-refractivity contribution in [2.45, 2.75) is 17.9 Å². The third-order valence-electron chi connectivity index (χ3n) is 4.50. The molecule has 2 heterocycles. The molecule has 0 unspecified atom stereocenters. The summed E-state index contributed by atoms with van der Waals surface area (Å²) >= 11 is 0. The molecule has 10 heteroatoms. The molecule has 0 fully saturated rings. The lowest BCUT2D eigenvalue weighted by Gasteiger charge is -2.14. The van der Waals surface area contributed by atoms with E-state index in [-0.39, 0.29) is 29.2 Å². The van der Waals surface area contributed by atoms with Gasteiger partial charge in [0.1, 0.15) is 25.0 Å². The molecule has 1 aromatic heterocycles. The molecule has 0 saturated heterocycles. The minimum atomic E-state index is -3.62. The first-order chi connectivity index (χ1) is 13.9. The number of amides is 1. The highest BCUT2D eigenvalue weighted by Crippen LogP contribution is 2.22. The van der Waals surface area contributed by atoms with Gasteiger partial charge in [0.05, 0.1) is 16.6 Å². The van der Waals surface area contributed by atoms with Gasteiger partial charge in [0.15, 0.2) is 0 Å². The first-order valence-corrected chi connectivity index (χ1v) is 10.3. The smallest absolute Gasteiger partial charge is 0.263 e. The van der Waals surface area contributed by atoms with Crippen molar-refractivity contribution in [2.24, 2.45) is 4.99 Å². The van der Waals surface area contributed by atoms with Gasteiger partial charge in [-0.05, 0) is 36.8 Å². The summed E-state index contributed by atoms with van der Waals surface area (Å²) in [6.07, 6.45) is 3.07. The van der Waals surface area contributed by atoms with Crippen LogP contribution in [0.5, 0.6) is 0 Å². The second-order valence-corrected chi connectivity index (χ2v) is 8.14. The van der Waals surface area contributed by atoms with Gasteiger partial charge in [-0.3, -0.25) is 14.5 Å². The lowest BCUT2D eigenvalue weighted by molar-refractivity contribution is -0.120. The molecule has 0 spiro atoms. The van der Waals surface area contributed by atoms with E-state index in [1.54, 1.807) is 29.2 Å². The quantitative estimate of drug-likeness (QED) is 0.655. The van der Waals surface area contributed by atoms with Gasteiger partial charge >= 0.3 is 0 Å². The van der Waals surface area contributed by atoms with Crippen molar-refractivity contribution >= 4 is 21.8 Å². The monoisotopic (exact) mass is 410 g/mol. The normalized spacial score (nSPS) is 16.8. The Kier molecular flexibility index (Phi) is 4.85. The van der Waals surface area contributed by atoms with Crippen molar-refractivity contribution in [2.75, 3.05) is 6.54 Å². The molecule has 29 heavy (non-hydrogen) atoms. The fourth-order valence-corrected chi connectivity index (χ4v) is 4.28. The molecule has 1 aliphatic rings. The van der Waals surface area contributed by atoms with Crippen molar-refractivity contribution in [3.63, 3.8) is 0 Å². The maximum atomic E-state index is 12.3. The molecule has 1 amide bonds. The Morgan fingerprint density at radius 1 is 1.21 bits per heavy atom. The maximum Gasteiger partial charge on any atom is 0.263 e. The molecule has 2 aromatic carbocycles. The van der Waals surface area contributed by atoms with Gasteiger partial charge < -0.3 is 5.32 Å². The molecule has 1 atom stereocenters. The Bertz CT molecular complexity index is 1170. The molecule has 0 radical (unpaired) electrons. The van der Waals surface area contributed by atoms with E-state index < -0.39 is 10.0 Å². The second-order valence-electron chi connectivity index (χ2n) is 6.49. The number of benzene rings is 2. The number of nitrogens with one attached hydrogen (secondary N) is 2. The lowest BCUT2D eigenvalue weighted by Crippen LogP contribution is -2.30. The van der Waals surface area contributed by atoms with E-state index in [1.807, 2.05) is 31.2 Å². The predicted molar refractivity (Wildman–Crippen MR) is 106 cm³/mol. The number of carbonyl (C=O) groups is 1. The topological polar surface area (TPSA) is 118 Å². The average Bonchev–Trinajstić information content (AvgIpc) is 3.34. The Labute approximate surface area is 167 Å². The van der Waals surface area contributed by atoms with Crippen LogP contribution in [0.3, 0.4) is 0 Å². The fourth-order valence-electron chi connectivity index (χ4n) is 3.03. The van der Waals surface area contributed by atoms with Crippen LogP contribution < -0.4 is 10.0 Å². The summed E-state index contributed by atoms with van der Waals surface area (Å²) in [7, 11) is -3.62. The number of hydrogen-bond acceptors (Lipinski definition) is 6.